The van der Waals surface area contributed by atoms with Crippen LogP contribution in [0.4, 0.5) is 11.4 Å². The highest BCUT2D eigenvalue weighted by molar-refractivity contribution is 7.42. The van der Waals surface area contributed by atoms with Gasteiger partial charge in [0.05, 0.1) is 24.5 Å². The Hall–Kier alpha value is -1.53. The van der Waals surface area contributed by atoms with E-state index in [0.29, 0.717) is 0 Å². The molecule has 0 aromatic heterocycles. The summed E-state index contributed by atoms with van der Waals surface area (Å²) in [5.74, 6) is 0. The van der Waals surface area contributed by atoms with Gasteiger partial charge in [-0.2, -0.15) is 0 Å². The molecule has 2 aromatic rings. The molecule has 1 fully saturated rings. The molecule has 134 valence electrons. The van der Waals surface area contributed by atoms with E-state index >= 15 is 0 Å². The van der Waals surface area contributed by atoms with Gasteiger partial charge in [-0.15, -0.1) is 0 Å². The van der Waals surface area contributed by atoms with Gasteiger partial charge in [0.15, 0.2) is 8.88 Å². The molecule has 0 bridgehead atoms. The number of nitrogens with zero attached hydrogens (tertiary/aromatic N) is 2. The Morgan fingerprint density at radius 2 is 0.920 bits per heavy atom. The first-order valence-electron chi connectivity index (χ1n) is 9.24. The lowest BCUT2D eigenvalue weighted by Gasteiger charge is -2.21. The normalized spacial score (nSPS) is 15.8. The molecule has 1 aliphatic heterocycles. The zero-order chi connectivity index (χ0) is 18.2. The van der Waals surface area contributed by atoms with E-state index in [4.69, 9.17) is 0 Å². The molecular weight excluding hydrogens is 323 g/mol. The van der Waals surface area contributed by atoms with E-state index in [0.717, 1.165) is 13.1 Å². The Bertz CT molecular complexity index is 642. The van der Waals surface area contributed by atoms with Crippen LogP contribution in [0.5, 0.6) is 0 Å². The third-order valence-corrected chi connectivity index (χ3v) is 6.66. The number of rotatable bonds is 2. The maximum absolute atomic E-state index is 2.55. The first kappa shape index (κ1) is 18.3. The van der Waals surface area contributed by atoms with Gasteiger partial charge in [0.2, 0.25) is 0 Å². The molecule has 25 heavy (non-hydrogen) atoms. The summed E-state index contributed by atoms with van der Waals surface area (Å²) in [6, 6.07) is 18.3. The summed E-state index contributed by atoms with van der Waals surface area (Å²) in [4.78, 5) is 0. The number of hydrogen-bond donors (Lipinski definition) is 0. The highest BCUT2D eigenvalue weighted by Crippen LogP contribution is 2.40. The van der Waals surface area contributed by atoms with Gasteiger partial charge in [-0.3, -0.25) is 0 Å². The summed E-state index contributed by atoms with van der Waals surface area (Å²) in [6.45, 7) is 15.9. The summed E-state index contributed by atoms with van der Waals surface area (Å²) in [5.41, 5.74) is 5.96. The molecule has 0 saturated carbocycles. The maximum atomic E-state index is 2.55. The lowest BCUT2D eigenvalue weighted by molar-refractivity contribution is 0.590. The van der Waals surface area contributed by atoms with Gasteiger partial charge in [0.1, 0.15) is 0 Å². The van der Waals surface area contributed by atoms with E-state index in [1.54, 1.807) is 0 Å². The second-order valence-electron chi connectivity index (χ2n) is 9.10. The molecule has 0 amide bonds. The van der Waals surface area contributed by atoms with E-state index in [9.17, 15) is 0 Å². The third-order valence-electron chi connectivity index (χ3n) is 4.99. The molecule has 3 rings (SSSR count). The zero-order valence-corrected chi connectivity index (χ0v) is 17.7. The maximum Gasteiger partial charge on any atom is 0.170 e. The zero-order valence-electron chi connectivity index (χ0n) is 16.5. The second kappa shape index (κ2) is 6.65. The number of hydrogen-bond acceptors (Lipinski definition) is 2. The van der Waals surface area contributed by atoms with Crippen LogP contribution in [-0.2, 0) is 10.8 Å². The first-order chi connectivity index (χ1) is 11.6. The lowest BCUT2D eigenvalue weighted by Crippen LogP contribution is -2.13. The highest BCUT2D eigenvalue weighted by atomic mass is 31.1. The Labute approximate surface area is 155 Å². The van der Waals surface area contributed by atoms with Crippen LogP contribution in [0.3, 0.4) is 0 Å². The van der Waals surface area contributed by atoms with Crippen LogP contribution in [0.15, 0.2) is 48.5 Å². The molecule has 2 aromatic carbocycles. The van der Waals surface area contributed by atoms with Crippen molar-refractivity contribution in [1.82, 2.24) is 0 Å². The van der Waals surface area contributed by atoms with E-state index in [2.05, 4.69) is 99.4 Å². The van der Waals surface area contributed by atoms with E-state index in [1.807, 2.05) is 0 Å². The minimum atomic E-state index is 0.114. The topological polar surface area (TPSA) is 6.48 Å². The van der Waals surface area contributed by atoms with E-state index in [1.165, 1.54) is 22.5 Å². The van der Waals surface area contributed by atoms with Crippen molar-refractivity contribution < 1.29 is 0 Å². The molecule has 0 atom stereocenters. The lowest BCUT2D eigenvalue weighted by atomic mass is 9.87. The van der Waals surface area contributed by atoms with Gasteiger partial charge >= 0.3 is 0 Å². The van der Waals surface area contributed by atoms with Gasteiger partial charge in [-0.1, -0.05) is 65.8 Å². The van der Waals surface area contributed by atoms with Crippen molar-refractivity contribution in [3.8, 4) is 0 Å². The molecule has 0 aliphatic carbocycles. The quantitative estimate of drug-likeness (QED) is 0.624. The van der Waals surface area contributed by atoms with Crippen molar-refractivity contribution in [2.45, 2.75) is 52.4 Å². The fraction of sp³-hybridized carbons (Fsp3) is 0.455. The smallest absolute Gasteiger partial charge is 0.170 e. The summed E-state index contributed by atoms with van der Waals surface area (Å²) < 4.78 is 5.09. The average molecular weight is 355 g/mol. The molecule has 3 heteroatoms. The van der Waals surface area contributed by atoms with Gasteiger partial charge < -0.3 is 0 Å². The average Bonchev–Trinajstić information content (AvgIpc) is 3.03. The fourth-order valence-electron chi connectivity index (χ4n) is 3.20. The Kier molecular flexibility index (Phi) is 4.86. The largest absolute Gasteiger partial charge is 0.230 e. The monoisotopic (exact) mass is 355 g/mol. The SMILES string of the molecule is CC(C)(C)c1ccc(N2CCN(c3ccc(C(C)(C)C)cc3)[PH2+]2)cc1. The van der Waals surface area contributed by atoms with Gasteiger partial charge in [0.25, 0.3) is 0 Å². The van der Waals surface area contributed by atoms with Crippen LogP contribution in [0.1, 0.15) is 52.7 Å². The van der Waals surface area contributed by atoms with Crippen molar-refractivity contribution in [2.24, 2.45) is 0 Å². The van der Waals surface area contributed by atoms with Crippen molar-refractivity contribution >= 4 is 20.3 Å². The molecular formula is C22H32N2P+. The number of anilines is 2. The van der Waals surface area contributed by atoms with Crippen molar-refractivity contribution in [3.05, 3.63) is 59.7 Å². The predicted molar refractivity (Wildman–Crippen MR) is 115 cm³/mol. The standard InChI is InChI=1S/C22H31N2P/c1-21(2,3)17-7-11-19(12-8-17)23-15-16-24(25-23)20-13-9-18(10-14-20)22(4,5)6/h7-14,25H,15-16H2,1-6H3/p+1. The minimum Gasteiger partial charge on any atom is -0.230 e. The summed E-state index contributed by atoms with van der Waals surface area (Å²) in [7, 11) is 0.114. The number of benzene rings is 2. The van der Waals surface area contributed by atoms with E-state index < -0.39 is 0 Å². The van der Waals surface area contributed by atoms with Crippen LogP contribution in [0.25, 0.3) is 0 Å². The van der Waals surface area contributed by atoms with Crippen molar-refractivity contribution in [1.29, 1.82) is 0 Å². The molecule has 0 N–H and O–H groups in total. The summed E-state index contributed by atoms with van der Waals surface area (Å²) in [5, 5.41) is 0. The predicted octanol–water partition coefficient (Wildman–Crippen LogP) is 5.85. The van der Waals surface area contributed by atoms with Crippen LogP contribution in [-0.4, -0.2) is 13.1 Å². The summed E-state index contributed by atoms with van der Waals surface area (Å²) >= 11 is 0. The molecule has 0 spiro atoms. The third kappa shape index (κ3) is 4.18. The van der Waals surface area contributed by atoms with Crippen LogP contribution in [0.2, 0.25) is 0 Å². The van der Waals surface area contributed by atoms with Crippen molar-refractivity contribution in [2.75, 3.05) is 22.4 Å². The van der Waals surface area contributed by atoms with Crippen LogP contribution >= 0.6 is 8.88 Å². The Morgan fingerprint density at radius 3 is 1.20 bits per heavy atom. The summed E-state index contributed by atoms with van der Waals surface area (Å²) in [6.07, 6.45) is 0. The molecule has 0 unspecified atom stereocenters. The fourth-order valence-corrected chi connectivity index (χ4v) is 4.61. The first-order valence-corrected chi connectivity index (χ1v) is 10.3. The Balaban J connectivity index is 1.69. The molecule has 1 heterocycles. The molecule has 2 nitrogen and oxygen atoms in total. The van der Waals surface area contributed by atoms with Gasteiger partial charge in [-0.25, -0.2) is 9.34 Å². The molecule has 1 saturated heterocycles. The second-order valence-corrected chi connectivity index (χ2v) is 10.6. The van der Waals surface area contributed by atoms with Crippen LogP contribution < -0.4 is 9.34 Å². The highest BCUT2D eigenvalue weighted by Gasteiger charge is 2.28. The Morgan fingerprint density at radius 1 is 0.600 bits per heavy atom. The molecule has 1 aliphatic rings. The van der Waals surface area contributed by atoms with Gasteiger partial charge in [0, 0.05) is 0 Å². The van der Waals surface area contributed by atoms with Gasteiger partial charge in [-0.05, 0) is 46.2 Å². The van der Waals surface area contributed by atoms with E-state index in [-0.39, 0.29) is 19.7 Å². The van der Waals surface area contributed by atoms with Crippen molar-refractivity contribution in [3.63, 3.8) is 0 Å². The molecule has 0 radical (unpaired) electrons. The minimum absolute atomic E-state index is 0.114. The van der Waals surface area contributed by atoms with Crippen LogP contribution in [0, 0.1) is 0 Å².